The number of methoxy groups -OCH3 is 2. The van der Waals surface area contributed by atoms with Crippen molar-refractivity contribution in [2.45, 2.75) is 33.1 Å². The zero-order valence-corrected chi connectivity index (χ0v) is 18.7. The van der Waals surface area contributed by atoms with Gasteiger partial charge in [0.15, 0.2) is 0 Å². The SMILES string of the molecule is COC(=O)c1ccc(C(C)c2c[nH]c3ccc(C(=O)NCCC(C)C)cc23)c(OC)c1. The van der Waals surface area contributed by atoms with E-state index in [2.05, 4.69) is 31.1 Å². The van der Waals surface area contributed by atoms with Gasteiger partial charge < -0.3 is 19.8 Å². The Morgan fingerprint density at radius 1 is 1.00 bits per heavy atom. The zero-order chi connectivity index (χ0) is 22.5. The minimum absolute atomic E-state index is 0.0188. The lowest BCUT2D eigenvalue weighted by Crippen LogP contribution is -2.25. The van der Waals surface area contributed by atoms with Crippen LogP contribution in [0, 0.1) is 5.92 Å². The summed E-state index contributed by atoms with van der Waals surface area (Å²) in [5, 5.41) is 3.98. The number of ether oxygens (including phenoxy) is 2. The molecule has 0 aliphatic carbocycles. The van der Waals surface area contributed by atoms with Crippen molar-refractivity contribution < 1.29 is 19.1 Å². The van der Waals surface area contributed by atoms with Crippen LogP contribution in [0.2, 0.25) is 0 Å². The fraction of sp³-hybridized carbons (Fsp3) is 0.360. The standard InChI is InChI=1S/C25H30N2O4/c1-15(2)10-11-26-24(28)17-7-9-22-20(12-17)21(14-27-22)16(3)19-8-6-18(25(29)31-5)13-23(19)30-4/h6-9,12-16,27H,10-11H2,1-5H3,(H,26,28). The zero-order valence-electron chi connectivity index (χ0n) is 18.7. The molecule has 2 N–H and O–H groups in total. The third-order valence-corrected chi connectivity index (χ3v) is 5.57. The first-order valence-corrected chi connectivity index (χ1v) is 10.5. The maximum absolute atomic E-state index is 12.6. The molecule has 0 saturated carbocycles. The molecular weight excluding hydrogens is 392 g/mol. The minimum atomic E-state index is -0.405. The molecule has 0 spiro atoms. The molecule has 164 valence electrons. The van der Waals surface area contributed by atoms with Gasteiger partial charge in [0.2, 0.25) is 0 Å². The van der Waals surface area contributed by atoms with Crippen LogP contribution in [0.5, 0.6) is 5.75 Å². The number of rotatable bonds is 8. The first kappa shape index (κ1) is 22.4. The van der Waals surface area contributed by atoms with E-state index in [9.17, 15) is 9.59 Å². The summed E-state index contributed by atoms with van der Waals surface area (Å²) in [6, 6.07) is 11.0. The molecule has 2 aromatic carbocycles. The van der Waals surface area contributed by atoms with Gasteiger partial charge >= 0.3 is 5.97 Å². The van der Waals surface area contributed by atoms with Crippen LogP contribution in [-0.4, -0.2) is 37.6 Å². The topological polar surface area (TPSA) is 80.4 Å². The quantitative estimate of drug-likeness (QED) is 0.507. The second kappa shape index (κ2) is 9.69. The van der Waals surface area contributed by atoms with Crippen LogP contribution in [0.1, 0.15) is 65.0 Å². The van der Waals surface area contributed by atoms with Gasteiger partial charge in [0.1, 0.15) is 5.75 Å². The lowest BCUT2D eigenvalue weighted by molar-refractivity contribution is 0.0600. The van der Waals surface area contributed by atoms with Gasteiger partial charge in [0.05, 0.1) is 19.8 Å². The smallest absolute Gasteiger partial charge is 0.337 e. The average molecular weight is 423 g/mol. The highest BCUT2D eigenvalue weighted by atomic mass is 16.5. The van der Waals surface area contributed by atoms with Crippen LogP contribution in [0.3, 0.4) is 0 Å². The third kappa shape index (κ3) is 4.90. The Balaban J connectivity index is 1.92. The van der Waals surface area contributed by atoms with E-state index in [0.717, 1.165) is 28.5 Å². The number of esters is 1. The number of carbonyl (C=O) groups excluding carboxylic acids is 2. The maximum Gasteiger partial charge on any atom is 0.337 e. The fourth-order valence-electron chi connectivity index (χ4n) is 3.70. The van der Waals surface area contributed by atoms with E-state index in [0.29, 0.717) is 29.3 Å². The van der Waals surface area contributed by atoms with Crippen molar-refractivity contribution in [3.05, 3.63) is 64.8 Å². The van der Waals surface area contributed by atoms with Crippen molar-refractivity contribution in [3.8, 4) is 5.75 Å². The van der Waals surface area contributed by atoms with E-state index in [4.69, 9.17) is 9.47 Å². The summed E-state index contributed by atoms with van der Waals surface area (Å²) >= 11 is 0. The van der Waals surface area contributed by atoms with Crippen LogP contribution in [0.4, 0.5) is 0 Å². The van der Waals surface area contributed by atoms with Gasteiger partial charge in [-0.1, -0.05) is 26.8 Å². The largest absolute Gasteiger partial charge is 0.496 e. The summed E-state index contributed by atoms with van der Waals surface area (Å²) in [5.74, 6) is 0.669. The molecule has 0 fully saturated rings. The second-order valence-electron chi connectivity index (χ2n) is 8.11. The third-order valence-electron chi connectivity index (χ3n) is 5.57. The summed E-state index contributed by atoms with van der Waals surface area (Å²) in [5.41, 5.74) is 4.04. The number of carbonyl (C=O) groups is 2. The molecule has 1 atom stereocenters. The highest BCUT2D eigenvalue weighted by Crippen LogP contribution is 2.36. The molecular formula is C25H30N2O4. The van der Waals surface area contributed by atoms with Gasteiger partial charge in [-0.25, -0.2) is 4.79 Å². The van der Waals surface area contributed by atoms with Crippen LogP contribution in [-0.2, 0) is 4.74 Å². The van der Waals surface area contributed by atoms with Gasteiger partial charge in [-0.2, -0.15) is 0 Å². The molecule has 6 heteroatoms. The molecule has 0 bridgehead atoms. The molecule has 0 radical (unpaired) electrons. The predicted octanol–water partition coefficient (Wildman–Crippen LogP) is 4.89. The second-order valence-corrected chi connectivity index (χ2v) is 8.11. The molecule has 0 saturated heterocycles. The number of fused-ring (bicyclic) bond motifs is 1. The van der Waals surface area contributed by atoms with Gasteiger partial charge in [-0.05, 0) is 48.2 Å². The normalized spacial score (nSPS) is 12.1. The number of aromatic amines is 1. The van der Waals surface area contributed by atoms with Crippen LogP contribution in [0.15, 0.2) is 42.6 Å². The molecule has 0 aliphatic rings. The Hall–Kier alpha value is -3.28. The summed E-state index contributed by atoms with van der Waals surface area (Å²) in [6.07, 6.45) is 2.91. The van der Waals surface area contributed by atoms with E-state index in [1.807, 2.05) is 30.5 Å². The molecule has 0 aliphatic heterocycles. The molecule has 1 unspecified atom stereocenters. The van der Waals surface area contributed by atoms with Crippen molar-refractivity contribution in [1.82, 2.24) is 10.3 Å². The van der Waals surface area contributed by atoms with Gasteiger partial charge in [0.25, 0.3) is 5.91 Å². The fourth-order valence-corrected chi connectivity index (χ4v) is 3.70. The lowest BCUT2D eigenvalue weighted by atomic mass is 9.91. The number of H-pyrrole nitrogens is 1. The molecule has 1 amide bonds. The van der Waals surface area contributed by atoms with E-state index >= 15 is 0 Å². The number of benzene rings is 2. The molecule has 31 heavy (non-hydrogen) atoms. The first-order chi connectivity index (χ1) is 14.8. The van der Waals surface area contributed by atoms with Crippen molar-refractivity contribution in [2.75, 3.05) is 20.8 Å². The molecule has 3 aromatic rings. The summed E-state index contributed by atoms with van der Waals surface area (Å²) in [6.45, 7) is 7.01. The van der Waals surface area contributed by atoms with Crippen molar-refractivity contribution >= 4 is 22.8 Å². The lowest BCUT2D eigenvalue weighted by Gasteiger charge is -2.16. The Labute approximate surface area is 182 Å². The van der Waals surface area contributed by atoms with Crippen molar-refractivity contribution in [3.63, 3.8) is 0 Å². The van der Waals surface area contributed by atoms with E-state index < -0.39 is 5.97 Å². The Kier molecular flexibility index (Phi) is 7.00. The van der Waals surface area contributed by atoms with E-state index in [1.165, 1.54) is 7.11 Å². The summed E-state index contributed by atoms with van der Waals surface area (Å²) < 4.78 is 10.4. The highest BCUT2D eigenvalue weighted by Gasteiger charge is 2.20. The number of hydrogen-bond acceptors (Lipinski definition) is 4. The summed E-state index contributed by atoms with van der Waals surface area (Å²) in [4.78, 5) is 27.7. The number of amides is 1. The Bertz CT molecular complexity index is 1080. The van der Waals surface area contributed by atoms with Crippen molar-refractivity contribution in [2.24, 2.45) is 5.92 Å². The predicted molar refractivity (Wildman–Crippen MR) is 122 cm³/mol. The van der Waals surface area contributed by atoms with Gasteiger partial charge in [-0.15, -0.1) is 0 Å². The van der Waals surface area contributed by atoms with Crippen LogP contribution in [0.25, 0.3) is 10.9 Å². The maximum atomic E-state index is 12.6. The highest BCUT2D eigenvalue weighted by molar-refractivity contribution is 5.99. The molecule has 1 heterocycles. The number of hydrogen-bond donors (Lipinski definition) is 2. The van der Waals surface area contributed by atoms with Gasteiger partial charge in [-0.3, -0.25) is 4.79 Å². The van der Waals surface area contributed by atoms with Crippen LogP contribution >= 0.6 is 0 Å². The monoisotopic (exact) mass is 422 g/mol. The number of aromatic nitrogens is 1. The summed E-state index contributed by atoms with van der Waals surface area (Å²) in [7, 11) is 2.94. The first-order valence-electron chi connectivity index (χ1n) is 10.5. The molecule has 1 aromatic heterocycles. The molecule has 6 nitrogen and oxygen atoms in total. The van der Waals surface area contributed by atoms with Gasteiger partial charge in [0, 0.05) is 40.7 Å². The van der Waals surface area contributed by atoms with E-state index in [1.54, 1.807) is 19.2 Å². The Morgan fingerprint density at radius 2 is 1.74 bits per heavy atom. The van der Waals surface area contributed by atoms with E-state index in [-0.39, 0.29) is 11.8 Å². The average Bonchev–Trinajstić information content (AvgIpc) is 3.20. The van der Waals surface area contributed by atoms with Crippen LogP contribution < -0.4 is 10.1 Å². The minimum Gasteiger partial charge on any atom is -0.496 e. The molecule has 3 rings (SSSR count). The Morgan fingerprint density at radius 3 is 2.42 bits per heavy atom. The van der Waals surface area contributed by atoms with Crippen molar-refractivity contribution in [1.29, 1.82) is 0 Å². The number of nitrogens with one attached hydrogen (secondary N) is 2.